The molecule has 6 aromatic carbocycles. The molecule has 0 aliphatic carbocycles. The molecule has 11 atom stereocenters. The van der Waals surface area contributed by atoms with Crippen molar-refractivity contribution in [2.24, 2.45) is 4.99 Å². The number of carboxylic acids is 1. The van der Waals surface area contributed by atoms with Crippen LogP contribution in [-0.4, -0.2) is 130 Å². The Bertz CT molecular complexity index is 3380. The molecule has 0 amide bonds. The van der Waals surface area contributed by atoms with Crippen LogP contribution in [0.4, 0.5) is 0 Å². The number of carbonyl (C=O) groups is 5. The number of carbonyl (C=O) groups excluding carboxylic acids is 5. The van der Waals surface area contributed by atoms with Gasteiger partial charge in [0.05, 0.1) is 42.5 Å². The van der Waals surface area contributed by atoms with E-state index in [0.717, 1.165) is 34.0 Å². The van der Waals surface area contributed by atoms with Crippen molar-refractivity contribution in [2.75, 3.05) is 19.8 Å². The van der Waals surface area contributed by atoms with E-state index in [-0.39, 0.29) is 112 Å². The summed E-state index contributed by atoms with van der Waals surface area (Å²) in [5.74, 6) is -5.97. The Hall–Kier alpha value is -4.93. The largest absolute Gasteiger partial charge is 1.00 e. The van der Waals surface area contributed by atoms with Crippen LogP contribution in [0.1, 0.15) is 81.0 Å². The number of aliphatic imine (C=N–C) groups is 1. The number of esters is 4. The predicted octanol–water partition coefficient (Wildman–Crippen LogP) is -4.51. The van der Waals surface area contributed by atoms with E-state index in [2.05, 4.69) is 4.99 Å². The number of hydrogen-bond acceptors (Lipinski definition) is 21. The number of nitrogens with zero attached hydrogens (tertiary/aromatic N) is 1. The zero-order chi connectivity index (χ0) is 63.3. The molecule has 0 radical (unpaired) electrons. The van der Waals surface area contributed by atoms with Crippen LogP contribution in [0.15, 0.2) is 169 Å². The summed E-state index contributed by atoms with van der Waals surface area (Å²) >= 11 is 0. The molecule has 2 aliphatic heterocycles. The van der Waals surface area contributed by atoms with Gasteiger partial charge in [-0.25, -0.2) is 14.4 Å². The molecule has 2 saturated heterocycles. The summed E-state index contributed by atoms with van der Waals surface area (Å²) in [5, 5.41) is 26.1. The molecule has 1 unspecified atom stereocenters. The molecule has 2 fully saturated rings. The molecular weight excluding hydrogens is 1250 g/mol. The number of aryl methyl sites for hydroxylation is 3. The predicted molar refractivity (Wildman–Crippen MR) is 312 cm³/mol. The van der Waals surface area contributed by atoms with E-state index in [4.69, 9.17) is 51.6 Å². The Morgan fingerprint density at radius 1 is 0.626 bits per heavy atom. The number of phosphoric acid groups is 1. The number of benzene rings is 6. The fourth-order valence-electron chi connectivity index (χ4n) is 10.1. The van der Waals surface area contributed by atoms with E-state index < -0.39 is 138 Å². The first-order chi connectivity index (χ1) is 41.9. The third-order valence-corrected chi connectivity index (χ3v) is 20.0. The van der Waals surface area contributed by atoms with E-state index in [1.54, 1.807) is 80.6 Å². The van der Waals surface area contributed by atoms with E-state index in [0.29, 0.717) is 5.56 Å². The van der Waals surface area contributed by atoms with Crippen LogP contribution in [0.5, 0.6) is 0 Å². The topological polar surface area (TPSA) is 306 Å². The zero-order valence-corrected chi connectivity index (χ0v) is 60.1. The second kappa shape index (κ2) is 35.0. The molecular formula is C64H67NNa3O21PSi. The quantitative estimate of drug-likeness (QED) is 0.0158. The molecule has 0 spiro atoms. The summed E-state index contributed by atoms with van der Waals surface area (Å²) in [6.07, 6.45) is -18.7. The first-order valence-corrected chi connectivity index (χ1v) is 31.4. The van der Waals surface area contributed by atoms with Gasteiger partial charge < -0.3 is 76.4 Å². The minimum Gasteiger partial charge on any atom is -0.756 e. The maximum Gasteiger partial charge on any atom is 1.00 e. The van der Waals surface area contributed by atoms with Gasteiger partial charge in [0.15, 0.2) is 43.1 Å². The summed E-state index contributed by atoms with van der Waals surface area (Å²) in [6, 6.07) is 44.2. The third kappa shape index (κ3) is 20.8. The van der Waals surface area contributed by atoms with Crippen molar-refractivity contribution in [1.29, 1.82) is 0 Å². The molecule has 1 N–H and O–H groups in total. The van der Waals surface area contributed by atoms with Crippen molar-refractivity contribution < 1.29 is 189 Å². The van der Waals surface area contributed by atoms with E-state index >= 15 is 0 Å². The first-order valence-electron chi connectivity index (χ1n) is 28.0. The fourth-order valence-corrected chi connectivity index (χ4v) is 15.2. The van der Waals surface area contributed by atoms with Gasteiger partial charge in [-0.2, -0.15) is 0 Å². The summed E-state index contributed by atoms with van der Waals surface area (Å²) in [5.41, 5.74) is 3.02. The van der Waals surface area contributed by atoms with Crippen LogP contribution in [-0.2, 0) is 72.3 Å². The van der Waals surface area contributed by atoms with Gasteiger partial charge in [0.25, 0.3) is 16.1 Å². The standard InChI is InChI=1S/C64H70NO21PSi.3Na/c1-39-23-29-44(30-24-39)58(69)83-52-51(38-79-88(64(5,6)7,47-19-13-9-14-20-47)48-21-15-10-16-22-48)82-62(55(85-60(71)46-33-27-41(3)28-34-46)54(52)84-59(70)45-31-25-40(2)26-32-45)81-50-37-77-61(56(86-87(73,74)75)53(50)80-42(4)66)76-36-49(57(67)68)65-63(72)78-35-43-17-11-8-12-18-43;;;/h8-34,49-56,61-62H,35-38H2,1-7H3,(H,65,72)(H,67,68)(H2,73,74,75);;;/q;3*+1/p-3/t49-,50+,51+,52-,53-,54-,55+,56+,61+,62+;;;/m0.../s1. The summed E-state index contributed by atoms with van der Waals surface area (Å²) in [6.45, 7) is 9.79. The van der Waals surface area contributed by atoms with Crippen LogP contribution in [0.2, 0.25) is 5.04 Å². The maximum atomic E-state index is 14.7. The van der Waals surface area contributed by atoms with Crippen LogP contribution >= 0.6 is 7.82 Å². The van der Waals surface area contributed by atoms with Gasteiger partial charge in [0.2, 0.25) is 0 Å². The average Bonchev–Trinajstić information content (AvgIpc) is 0.826. The molecule has 91 heavy (non-hydrogen) atoms. The number of carboxylic acid groups (broad SMARTS) is 1. The van der Waals surface area contributed by atoms with Crippen molar-refractivity contribution in [3.63, 3.8) is 0 Å². The van der Waals surface area contributed by atoms with Crippen molar-refractivity contribution >= 4 is 62.4 Å². The SMILES string of the molecule is CC(=O)O[C@@H]1[C@@H](OP(=O)([O-])O)[C@H](OC[C@H](N=C([O-])OCc2ccccc2)C(=O)[O-])OC[C@H]1O[C@@H]1O[C@H](CO[Si](c2ccccc2)(c2ccccc2)C(C)(C)C)[C@H](OC(=O)c2ccc(C)cc2)[C@H](OC(=O)c2ccc(C)cc2)[C@H]1OC(=O)c1ccc(C)cc1.[Na+].[Na+].[Na+]. The Morgan fingerprint density at radius 3 is 1.52 bits per heavy atom. The van der Waals surface area contributed by atoms with Gasteiger partial charge in [0.1, 0.15) is 24.3 Å². The smallest absolute Gasteiger partial charge is 0.756 e. The number of phosphoric ester groups is 1. The van der Waals surface area contributed by atoms with Gasteiger partial charge in [0, 0.05) is 13.5 Å². The summed E-state index contributed by atoms with van der Waals surface area (Å²) in [4.78, 5) is 96.2. The molecule has 2 aliphatic rings. The maximum absolute atomic E-state index is 14.7. The van der Waals surface area contributed by atoms with Gasteiger partial charge in [-0.3, -0.25) is 14.4 Å². The second-order valence-electron chi connectivity index (χ2n) is 22.1. The Balaban J connectivity index is 0.00000501. The molecule has 6 aromatic rings. The molecule has 8 rings (SSSR count). The van der Waals surface area contributed by atoms with E-state index in [1.165, 1.54) is 36.4 Å². The Morgan fingerprint density at radius 2 is 1.08 bits per heavy atom. The number of hydrogen-bond donors (Lipinski definition) is 1. The third-order valence-electron chi connectivity index (χ3n) is 14.5. The first kappa shape index (κ1) is 76.8. The van der Waals surface area contributed by atoms with E-state index in [1.807, 2.05) is 88.4 Å². The molecule has 2 heterocycles. The monoisotopic (exact) mass is 1310 g/mol. The van der Waals surface area contributed by atoms with Gasteiger partial charge in [-0.05, 0) is 78.1 Å². The molecule has 0 saturated carbocycles. The fraction of sp³-hybridized carbons (Fsp3) is 0.344. The molecule has 27 heteroatoms. The van der Waals surface area contributed by atoms with Crippen LogP contribution in [0.3, 0.4) is 0 Å². The van der Waals surface area contributed by atoms with Crippen LogP contribution < -0.4 is 114 Å². The Labute approximate surface area is 594 Å². The number of aliphatic carboxylic acids is 1. The van der Waals surface area contributed by atoms with Crippen LogP contribution in [0, 0.1) is 20.8 Å². The average molecular weight is 1310 g/mol. The van der Waals surface area contributed by atoms with Crippen molar-refractivity contribution in [2.45, 2.75) is 121 Å². The van der Waals surface area contributed by atoms with Crippen molar-refractivity contribution in [1.82, 2.24) is 0 Å². The second-order valence-corrected chi connectivity index (χ2v) is 27.5. The number of rotatable bonds is 23. The minimum absolute atomic E-state index is 0. The minimum atomic E-state index is -5.93. The molecule has 22 nitrogen and oxygen atoms in total. The molecule has 0 bridgehead atoms. The van der Waals surface area contributed by atoms with Crippen molar-refractivity contribution in [3.05, 3.63) is 203 Å². The summed E-state index contributed by atoms with van der Waals surface area (Å²) in [7, 11) is -9.50. The van der Waals surface area contributed by atoms with Gasteiger partial charge in [-0.1, -0.05) is 165 Å². The molecule has 0 aromatic heterocycles. The van der Waals surface area contributed by atoms with E-state index in [9.17, 15) is 48.5 Å². The summed E-state index contributed by atoms with van der Waals surface area (Å²) < 4.78 is 80.5. The normalized spacial score (nSPS) is 21.7. The van der Waals surface area contributed by atoms with Crippen LogP contribution in [0.25, 0.3) is 0 Å². The van der Waals surface area contributed by atoms with Crippen molar-refractivity contribution in [3.8, 4) is 0 Å². The zero-order valence-electron chi connectivity index (χ0n) is 52.2. The van der Waals surface area contributed by atoms with Gasteiger partial charge in [-0.15, -0.1) is 0 Å². The van der Waals surface area contributed by atoms with Gasteiger partial charge >= 0.3 is 113 Å². The Kier molecular flexibility index (Phi) is 29.5. The number of ether oxygens (including phenoxy) is 9. The molecule has 466 valence electrons.